The Morgan fingerprint density at radius 1 is 0.867 bits per heavy atom. The Balaban J connectivity index is 4.36. The summed E-state index contributed by atoms with van der Waals surface area (Å²) in [6.45, 7) is 17.6. The summed E-state index contributed by atoms with van der Waals surface area (Å²) in [6, 6.07) is 0. The lowest BCUT2D eigenvalue weighted by Crippen LogP contribution is -2.53. The van der Waals surface area contributed by atoms with E-state index in [1.165, 1.54) is 0 Å². The van der Waals surface area contributed by atoms with E-state index in [0.29, 0.717) is 5.41 Å². The first-order chi connectivity index (χ1) is 6.35. The van der Waals surface area contributed by atoms with E-state index < -0.39 is 0 Å². The van der Waals surface area contributed by atoms with Crippen molar-refractivity contribution < 1.29 is 0 Å². The van der Waals surface area contributed by atoms with Crippen LogP contribution in [0.25, 0.3) is 0 Å². The van der Waals surface area contributed by atoms with Gasteiger partial charge in [-0.05, 0) is 31.7 Å². The lowest BCUT2D eigenvalue weighted by Gasteiger charge is -2.42. The van der Waals surface area contributed by atoms with Crippen LogP contribution in [0.4, 0.5) is 0 Å². The van der Waals surface area contributed by atoms with Crippen LogP contribution < -0.4 is 5.73 Å². The normalized spacial score (nSPS) is 14.8. The minimum atomic E-state index is -0.140. The van der Waals surface area contributed by atoms with Gasteiger partial charge in [0.05, 0.1) is 0 Å². The van der Waals surface area contributed by atoms with Gasteiger partial charge in [-0.3, -0.25) is 0 Å². The van der Waals surface area contributed by atoms with Crippen molar-refractivity contribution in [1.82, 2.24) is 4.90 Å². The van der Waals surface area contributed by atoms with Crippen LogP contribution in [-0.2, 0) is 0 Å². The fraction of sp³-hybridized carbons (Fsp3) is 1.00. The summed E-state index contributed by atoms with van der Waals surface area (Å²) in [6.07, 6.45) is 0. The highest BCUT2D eigenvalue weighted by molar-refractivity contribution is 4.92. The summed E-state index contributed by atoms with van der Waals surface area (Å²) in [5.41, 5.74) is 6.54. The summed E-state index contributed by atoms with van der Waals surface area (Å²) in [4.78, 5) is 2.38. The summed E-state index contributed by atoms with van der Waals surface area (Å²) in [5.74, 6) is 0. The van der Waals surface area contributed by atoms with Gasteiger partial charge in [-0.1, -0.05) is 34.6 Å². The molecule has 0 radical (unpaired) electrons. The molecule has 0 amide bonds. The Morgan fingerprint density at radius 3 is 1.53 bits per heavy atom. The van der Waals surface area contributed by atoms with Crippen molar-refractivity contribution in [2.45, 2.75) is 54.0 Å². The van der Waals surface area contributed by atoms with Gasteiger partial charge in [0.2, 0.25) is 0 Å². The standard InChI is InChI=1S/C13H30N2/c1-11(2,3)9-15(8)10-12(4,5)13(6,7)14/h9-10,14H2,1-8H3. The molecular weight excluding hydrogens is 184 g/mol. The molecule has 2 nitrogen and oxygen atoms in total. The molecule has 2 heteroatoms. The molecule has 0 fully saturated rings. The van der Waals surface area contributed by atoms with Crippen LogP contribution in [0.1, 0.15) is 48.5 Å². The number of hydrogen-bond donors (Lipinski definition) is 1. The first-order valence-electron chi connectivity index (χ1n) is 5.83. The molecule has 0 aliphatic carbocycles. The third kappa shape index (κ3) is 5.53. The predicted molar refractivity (Wildman–Crippen MR) is 69.0 cm³/mol. The van der Waals surface area contributed by atoms with Gasteiger partial charge in [0.1, 0.15) is 0 Å². The van der Waals surface area contributed by atoms with E-state index in [9.17, 15) is 0 Å². The van der Waals surface area contributed by atoms with Crippen molar-refractivity contribution in [3.8, 4) is 0 Å². The van der Waals surface area contributed by atoms with Crippen molar-refractivity contribution in [3.63, 3.8) is 0 Å². The van der Waals surface area contributed by atoms with Gasteiger partial charge in [-0.25, -0.2) is 0 Å². The van der Waals surface area contributed by atoms with Crippen LogP contribution in [0.5, 0.6) is 0 Å². The molecule has 0 atom stereocenters. The van der Waals surface area contributed by atoms with Gasteiger partial charge in [0, 0.05) is 18.6 Å². The Labute approximate surface area is 96.2 Å². The Hall–Kier alpha value is -0.0800. The first kappa shape index (κ1) is 14.9. The maximum Gasteiger partial charge on any atom is 0.0161 e. The Kier molecular flexibility index (Phi) is 4.40. The van der Waals surface area contributed by atoms with Gasteiger partial charge >= 0.3 is 0 Å². The first-order valence-corrected chi connectivity index (χ1v) is 5.83. The van der Waals surface area contributed by atoms with E-state index in [-0.39, 0.29) is 11.0 Å². The van der Waals surface area contributed by atoms with Crippen molar-refractivity contribution in [1.29, 1.82) is 0 Å². The minimum absolute atomic E-state index is 0.132. The number of hydrogen-bond acceptors (Lipinski definition) is 2. The average molecular weight is 214 g/mol. The molecule has 0 unspecified atom stereocenters. The summed E-state index contributed by atoms with van der Waals surface area (Å²) in [7, 11) is 2.18. The van der Waals surface area contributed by atoms with Gasteiger partial charge < -0.3 is 10.6 Å². The van der Waals surface area contributed by atoms with E-state index in [1.807, 2.05) is 0 Å². The lowest BCUT2D eigenvalue weighted by molar-refractivity contribution is 0.107. The highest BCUT2D eigenvalue weighted by Crippen LogP contribution is 2.29. The zero-order valence-corrected chi connectivity index (χ0v) is 11.9. The maximum absolute atomic E-state index is 6.20. The number of rotatable bonds is 4. The van der Waals surface area contributed by atoms with Gasteiger partial charge in [-0.15, -0.1) is 0 Å². The van der Waals surface area contributed by atoms with Crippen molar-refractivity contribution in [3.05, 3.63) is 0 Å². The zero-order chi connectivity index (χ0) is 12.5. The quantitative estimate of drug-likeness (QED) is 0.779. The molecule has 2 N–H and O–H groups in total. The van der Waals surface area contributed by atoms with Gasteiger partial charge in [0.25, 0.3) is 0 Å². The molecule has 0 aliphatic rings. The van der Waals surface area contributed by atoms with E-state index in [2.05, 4.69) is 60.4 Å². The monoisotopic (exact) mass is 214 g/mol. The van der Waals surface area contributed by atoms with E-state index in [4.69, 9.17) is 5.73 Å². The lowest BCUT2D eigenvalue weighted by atomic mass is 9.74. The topological polar surface area (TPSA) is 29.3 Å². The number of nitrogens with zero attached hydrogens (tertiary/aromatic N) is 1. The predicted octanol–water partition coefficient (Wildman–Crippen LogP) is 2.73. The Bertz CT molecular complexity index is 194. The molecule has 0 aromatic heterocycles. The molecule has 92 valence electrons. The zero-order valence-electron chi connectivity index (χ0n) is 11.9. The van der Waals surface area contributed by atoms with Crippen molar-refractivity contribution >= 4 is 0 Å². The second-order valence-corrected chi connectivity index (χ2v) is 7.34. The van der Waals surface area contributed by atoms with Crippen LogP contribution in [0.2, 0.25) is 0 Å². The van der Waals surface area contributed by atoms with Crippen LogP contribution in [0.15, 0.2) is 0 Å². The van der Waals surface area contributed by atoms with Crippen LogP contribution in [0, 0.1) is 10.8 Å². The van der Waals surface area contributed by atoms with Crippen molar-refractivity contribution in [2.75, 3.05) is 20.1 Å². The summed E-state index contributed by atoms with van der Waals surface area (Å²) in [5, 5.41) is 0. The smallest absolute Gasteiger partial charge is 0.0161 e. The Morgan fingerprint density at radius 2 is 1.27 bits per heavy atom. The molecule has 0 spiro atoms. The maximum atomic E-state index is 6.20. The molecular formula is C13H30N2. The molecule has 15 heavy (non-hydrogen) atoms. The highest BCUT2D eigenvalue weighted by atomic mass is 15.1. The third-order valence-corrected chi connectivity index (χ3v) is 3.15. The summed E-state index contributed by atoms with van der Waals surface area (Å²) < 4.78 is 0. The van der Waals surface area contributed by atoms with Gasteiger partial charge in [0.15, 0.2) is 0 Å². The fourth-order valence-corrected chi connectivity index (χ4v) is 1.74. The number of nitrogens with two attached hydrogens (primary N) is 1. The third-order valence-electron chi connectivity index (χ3n) is 3.15. The molecule has 0 aromatic carbocycles. The second-order valence-electron chi connectivity index (χ2n) is 7.34. The van der Waals surface area contributed by atoms with Crippen LogP contribution in [-0.4, -0.2) is 30.6 Å². The van der Waals surface area contributed by atoms with Crippen LogP contribution >= 0.6 is 0 Å². The summed E-state index contributed by atoms with van der Waals surface area (Å²) >= 11 is 0. The van der Waals surface area contributed by atoms with Crippen molar-refractivity contribution in [2.24, 2.45) is 16.6 Å². The molecule has 0 aromatic rings. The van der Waals surface area contributed by atoms with E-state index in [0.717, 1.165) is 13.1 Å². The van der Waals surface area contributed by atoms with Gasteiger partial charge in [-0.2, -0.15) is 0 Å². The second kappa shape index (κ2) is 4.42. The fourth-order valence-electron chi connectivity index (χ4n) is 1.74. The SMILES string of the molecule is CN(CC(C)(C)C)CC(C)(C)C(C)(C)N. The molecule has 0 heterocycles. The van der Waals surface area contributed by atoms with Crippen LogP contribution in [0.3, 0.4) is 0 Å². The van der Waals surface area contributed by atoms with E-state index in [1.54, 1.807) is 0 Å². The molecule has 0 saturated heterocycles. The highest BCUT2D eigenvalue weighted by Gasteiger charge is 2.34. The molecule has 0 bridgehead atoms. The van der Waals surface area contributed by atoms with E-state index >= 15 is 0 Å². The molecule has 0 aliphatic heterocycles. The largest absolute Gasteiger partial charge is 0.325 e. The molecule has 0 rings (SSSR count). The minimum Gasteiger partial charge on any atom is -0.325 e. The molecule has 0 saturated carbocycles. The average Bonchev–Trinajstić information content (AvgIpc) is 1.75.